The lowest BCUT2D eigenvalue weighted by Crippen LogP contribution is -2.30. The third-order valence-electron chi connectivity index (χ3n) is 2.51. The topological polar surface area (TPSA) is 57.9 Å². The number of nitrogens with zero attached hydrogens (tertiary/aromatic N) is 2. The van der Waals surface area contributed by atoms with Gasteiger partial charge in [0.1, 0.15) is 5.82 Å². The Morgan fingerprint density at radius 1 is 1.64 bits per heavy atom. The van der Waals surface area contributed by atoms with E-state index in [9.17, 15) is 0 Å². The summed E-state index contributed by atoms with van der Waals surface area (Å²) in [7, 11) is 0. The van der Waals surface area contributed by atoms with Crippen LogP contribution in [0.15, 0.2) is 6.20 Å². The number of aromatic nitrogens is 2. The number of nitrogen functional groups attached to an aromatic ring is 1. The zero-order valence-corrected chi connectivity index (χ0v) is 8.83. The van der Waals surface area contributed by atoms with E-state index in [1.165, 1.54) is 12.8 Å². The van der Waals surface area contributed by atoms with Crippen molar-refractivity contribution in [3.63, 3.8) is 0 Å². The highest BCUT2D eigenvalue weighted by Gasteiger charge is 2.31. The van der Waals surface area contributed by atoms with Crippen molar-refractivity contribution in [3.05, 3.63) is 6.20 Å². The molecule has 0 aliphatic heterocycles. The summed E-state index contributed by atoms with van der Waals surface area (Å²) in [5.41, 5.74) is 6.89. The van der Waals surface area contributed by atoms with Gasteiger partial charge in [-0.05, 0) is 18.8 Å². The van der Waals surface area contributed by atoms with Crippen molar-refractivity contribution in [2.45, 2.75) is 32.7 Å². The Balaban J connectivity index is 2.14. The molecule has 0 unspecified atom stereocenters. The van der Waals surface area contributed by atoms with Crippen LogP contribution >= 0.6 is 0 Å². The van der Waals surface area contributed by atoms with Gasteiger partial charge in [0.25, 0.3) is 0 Å². The molecule has 1 aromatic rings. The molecule has 2 rings (SSSR count). The summed E-state index contributed by atoms with van der Waals surface area (Å²) in [6.07, 6.45) is 4.41. The van der Waals surface area contributed by atoms with Crippen LogP contribution in [0.1, 0.15) is 26.7 Å². The molecule has 1 heterocycles. The lowest BCUT2D eigenvalue weighted by molar-refractivity contribution is 0.608. The number of anilines is 2. The minimum absolute atomic E-state index is 0.657. The van der Waals surface area contributed by atoms with Crippen LogP contribution in [-0.2, 0) is 0 Å². The first-order valence-corrected chi connectivity index (χ1v) is 5.24. The van der Waals surface area contributed by atoms with Gasteiger partial charge in [0.2, 0.25) is 0 Å². The van der Waals surface area contributed by atoms with Gasteiger partial charge in [-0.2, -0.15) is 5.10 Å². The summed E-state index contributed by atoms with van der Waals surface area (Å²) >= 11 is 0. The number of rotatable bonds is 4. The standard InChI is InChI=1S/C10H18N4/c1-7(2)6-14(8-3-4-8)9-5-12-13-10(9)11/h5,7-8H,3-4,6H2,1-2H3,(H3,11,12,13). The van der Waals surface area contributed by atoms with Crippen LogP contribution < -0.4 is 10.6 Å². The Labute approximate surface area is 84.5 Å². The fourth-order valence-electron chi connectivity index (χ4n) is 1.74. The first-order valence-electron chi connectivity index (χ1n) is 5.24. The molecule has 14 heavy (non-hydrogen) atoms. The van der Waals surface area contributed by atoms with Crippen molar-refractivity contribution in [2.24, 2.45) is 5.92 Å². The van der Waals surface area contributed by atoms with Gasteiger partial charge >= 0.3 is 0 Å². The van der Waals surface area contributed by atoms with Gasteiger partial charge in [-0.15, -0.1) is 0 Å². The number of nitrogens with one attached hydrogen (secondary N) is 1. The maximum Gasteiger partial charge on any atom is 0.142 e. The molecule has 1 aliphatic rings. The lowest BCUT2D eigenvalue weighted by atomic mass is 10.2. The summed E-state index contributed by atoms with van der Waals surface area (Å²) in [5.74, 6) is 1.35. The summed E-state index contributed by atoms with van der Waals surface area (Å²) in [4.78, 5) is 2.38. The highest BCUT2D eigenvalue weighted by atomic mass is 15.3. The van der Waals surface area contributed by atoms with Crippen LogP contribution in [0.2, 0.25) is 0 Å². The average molecular weight is 194 g/mol. The van der Waals surface area contributed by atoms with Crippen molar-refractivity contribution in [2.75, 3.05) is 17.2 Å². The monoisotopic (exact) mass is 194 g/mol. The van der Waals surface area contributed by atoms with Crippen LogP contribution in [0.3, 0.4) is 0 Å². The lowest BCUT2D eigenvalue weighted by Gasteiger charge is -2.25. The number of hydrogen-bond acceptors (Lipinski definition) is 3. The molecule has 0 atom stereocenters. The van der Waals surface area contributed by atoms with Crippen LogP contribution in [-0.4, -0.2) is 22.8 Å². The number of H-pyrrole nitrogens is 1. The molecule has 1 fully saturated rings. The Bertz CT molecular complexity index is 301. The van der Waals surface area contributed by atoms with Gasteiger partial charge < -0.3 is 10.6 Å². The molecule has 0 amide bonds. The zero-order chi connectivity index (χ0) is 10.1. The van der Waals surface area contributed by atoms with Gasteiger partial charge in [0.05, 0.1) is 11.9 Å². The molecular weight excluding hydrogens is 176 g/mol. The van der Waals surface area contributed by atoms with Crippen molar-refractivity contribution in [3.8, 4) is 0 Å². The van der Waals surface area contributed by atoms with Gasteiger partial charge in [0, 0.05) is 12.6 Å². The fourth-order valence-corrected chi connectivity index (χ4v) is 1.74. The Kier molecular flexibility index (Phi) is 2.35. The summed E-state index contributed by atoms with van der Waals surface area (Å²) in [5, 5.41) is 6.76. The Morgan fingerprint density at radius 2 is 2.36 bits per heavy atom. The van der Waals surface area contributed by atoms with Crippen molar-refractivity contribution in [1.29, 1.82) is 0 Å². The average Bonchev–Trinajstić information content (AvgIpc) is 2.86. The molecule has 1 aromatic heterocycles. The molecule has 0 spiro atoms. The van der Waals surface area contributed by atoms with E-state index < -0.39 is 0 Å². The normalized spacial score (nSPS) is 16.2. The molecule has 1 aliphatic carbocycles. The predicted molar refractivity (Wildman–Crippen MR) is 58.2 cm³/mol. The minimum Gasteiger partial charge on any atom is -0.382 e. The molecule has 1 saturated carbocycles. The molecule has 4 heteroatoms. The largest absolute Gasteiger partial charge is 0.382 e. The molecule has 3 N–H and O–H groups in total. The van der Waals surface area contributed by atoms with E-state index in [4.69, 9.17) is 5.73 Å². The Morgan fingerprint density at radius 3 is 2.79 bits per heavy atom. The first kappa shape index (κ1) is 9.37. The second-order valence-corrected chi connectivity index (χ2v) is 4.45. The van der Waals surface area contributed by atoms with Crippen LogP contribution in [0.5, 0.6) is 0 Å². The molecule has 78 valence electrons. The summed E-state index contributed by atoms with van der Waals surface area (Å²) in [6.45, 7) is 5.52. The minimum atomic E-state index is 0.657. The molecule has 4 nitrogen and oxygen atoms in total. The van der Waals surface area contributed by atoms with E-state index in [1.807, 2.05) is 6.20 Å². The fraction of sp³-hybridized carbons (Fsp3) is 0.700. The van der Waals surface area contributed by atoms with Crippen molar-refractivity contribution in [1.82, 2.24) is 10.2 Å². The predicted octanol–water partition coefficient (Wildman–Crippen LogP) is 1.62. The van der Waals surface area contributed by atoms with E-state index in [-0.39, 0.29) is 0 Å². The molecule has 0 saturated heterocycles. The van der Waals surface area contributed by atoms with Crippen molar-refractivity contribution < 1.29 is 0 Å². The Hall–Kier alpha value is -1.19. The first-order chi connectivity index (χ1) is 6.68. The maximum atomic E-state index is 5.82. The van der Waals surface area contributed by atoms with Crippen LogP contribution in [0.25, 0.3) is 0 Å². The van der Waals surface area contributed by atoms with E-state index in [0.29, 0.717) is 17.8 Å². The second-order valence-electron chi connectivity index (χ2n) is 4.45. The number of nitrogens with two attached hydrogens (primary N) is 1. The zero-order valence-electron chi connectivity index (χ0n) is 8.83. The summed E-state index contributed by atoms with van der Waals surface area (Å²) < 4.78 is 0. The van der Waals surface area contributed by atoms with E-state index in [0.717, 1.165) is 12.2 Å². The highest BCUT2D eigenvalue weighted by molar-refractivity contribution is 5.63. The van der Waals surface area contributed by atoms with Crippen molar-refractivity contribution >= 4 is 11.5 Å². The van der Waals surface area contributed by atoms with Crippen LogP contribution in [0, 0.1) is 5.92 Å². The third kappa shape index (κ3) is 1.84. The third-order valence-corrected chi connectivity index (χ3v) is 2.51. The van der Waals surface area contributed by atoms with Gasteiger partial charge in [-0.25, -0.2) is 0 Å². The smallest absolute Gasteiger partial charge is 0.142 e. The van der Waals surface area contributed by atoms with E-state index >= 15 is 0 Å². The molecule has 0 radical (unpaired) electrons. The summed E-state index contributed by atoms with van der Waals surface area (Å²) in [6, 6.07) is 0.692. The number of aromatic amines is 1. The van der Waals surface area contributed by atoms with Gasteiger partial charge in [0.15, 0.2) is 0 Å². The quantitative estimate of drug-likeness (QED) is 0.765. The highest BCUT2D eigenvalue weighted by Crippen LogP contribution is 2.34. The number of hydrogen-bond donors (Lipinski definition) is 2. The van der Waals surface area contributed by atoms with Crippen LogP contribution in [0.4, 0.5) is 11.5 Å². The second kappa shape index (κ2) is 3.52. The molecule has 0 aromatic carbocycles. The van der Waals surface area contributed by atoms with E-state index in [1.54, 1.807) is 0 Å². The van der Waals surface area contributed by atoms with Gasteiger partial charge in [-0.1, -0.05) is 13.8 Å². The maximum absolute atomic E-state index is 5.82. The molecular formula is C10H18N4. The SMILES string of the molecule is CC(C)CN(c1cn[nH]c1N)C1CC1. The van der Waals surface area contributed by atoms with E-state index in [2.05, 4.69) is 28.9 Å². The molecule has 0 bridgehead atoms. The van der Waals surface area contributed by atoms with Gasteiger partial charge in [-0.3, -0.25) is 5.10 Å².